The number of hydrogen-bond acceptors (Lipinski definition) is 3. The smallest absolute Gasteiger partial charge is 0.304 e. The van der Waals surface area contributed by atoms with Crippen LogP contribution in [0, 0.1) is 0 Å². The molecule has 0 spiro atoms. The molecule has 0 saturated carbocycles. The fourth-order valence-electron chi connectivity index (χ4n) is 2.11. The van der Waals surface area contributed by atoms with Gasteiger partial charge in [0.1, 0.15) is 5.75 Å². The van der Waals surface area contributed by atoms with E-state index < -0.39 is 5.97 Å². The lowest BCUT2D eigenvalue weighted by molar-refractivity contribution is -0.137. The van der Waals surface area contributed by atoms with Gasteiger partial charge in [0.15, 0.2) is 0 Å². The molecule has 1 aromatic carbocycles. The zero-order chi connectivity index (χ0) is 14.5. The van der Waals surface area contributed by atoms with E-state index >= 15 is 0 Å². The van der Waals surface area contributed by atoms with Crippen molar-refractivity contribution in [3.05, 3.63) is 58.3 Å². The van der Waals surface area contributed by atoms with Gasteiger partial charge >= 0.3 is 5.97 Å². The highest BCUT2D eigenvalue weighted by Gasteiger charge is 2.22. The second-order valence-corrected chi connectivity index (χ2v) is 5.21. The Hall–Kier alpha value is -1.88. The lowest BCUT2D eigenvalue weighted by Crippen LogP contribution is -2.10. The third-order valence-corrected chi connectivity index (χ3v) is 3.48. The molecule has 0 aliphatic heterocycles. The van der Waals surface area contributed by atoms with Gasteiger partial charge in [-0.15, -0.1) is 0 Å². The first kappa shape index (κ1) is 14.5. The van der Waals surface area contributed by atoms with Gasteiger partial charge in [-0.3, -0.25) is 9.78 Å². The van der Waals surface area contributed by atoms with Crippen molar-refractivity contribution in [3.8, 4) is 5.75 Å². The number of hydrogen-bond donors (Lipinski definition) is 1. The molecule has 0 amide bonds. The normalized spacial score (nSPS) is 11.9. The summed E-state index contributed by atoms with van der Waals surface area (Å²) in [6.07, 6.45) is 1.62. The first-order chi connectivity index (χ1) is 9.61. The molecule has 0 aliphatic carbocycles. The average molecular weight is 336 g/mol. The maximum atomic E-state index is 11.2. The largest absolute Gasteiger partial charge is 0.496 e. The summed E-state index contributed by atoms with van der Waals surface area (Å²) < 4.78 is 6.22. The van der Waals surface area contributed by atoms with Gasteiger partial charge in [-0.05, 0) is 30.3 Å². The van der Waals surface area contributed by atoms with Gasteiger partial charge in [-0.2, -0.15) is 0 Å². The molecule has 2 aromatic rings. The predicted molar refractivity (Wildman–Crippen MR) is 79.0 cm³/mol. The van der Waals surface area contributed by atoms with E-state index in [0.29, 0.717) is 11.4 Å². The van der Waals surface area contributed by atoms with Gasteiger partial charge in [0.2, 0.25) is 0 Å². The summed E-state index contributed by atoms with van der Waals surface area (Å²) in [6, 6.07) is 11.0. The summed E-state index contributed by atoms with van der Waals surface area (Å²) in [5.74, 6) is -0.561. The molecule has 1 heterocycles. The van der Waals surface area contributed by atoms with E-state index in [1.54, 1.807) is 19.4 Å². The minimum Gasteiger partial charge on any atom is -0.496 e. The van der Waals surface area contributed by atoms with Crippen LogP contribution in [0.1, 0.15) is 23.6 Å². The van der Waals surface area contributed by atoms with Crippen molar-refractivity contribution in [2.24, 2.45) is 0 Å². The molecule has 1 N–H and O–H groups in total. The topological polar surface area (TPSA) is 59.4 Å². The van der Waals surface area contributed by atoms with Gasteiger partial charge in [-0.25, -0.2) is 0 Å². The molecule has 5 heteroatoms. The summed E-state index contributed by atoms with van der Waals surface area (Å²) in [6.45, 7) is 0. The third-order valence-electron chi connectivity index (χ3n) is 2.99. The SMILES string of the molecule is COc1ccc(Br)cc1C(CC(=O)O)c1ccccn1. The Morgan fingerprint density at radius 1 is 1.40 bits per heavy atom. The molecular formula is C15H14BrNO3. The molecular weight excluding hydrogens is 322 g/mol. The van der Waals surface area contributed by atoms with Crippen molar-refractivity contribution in [1.82, 2.24) is 4.98 Å². The maximum Gasteiger partial charge on any atom is 0.304 e. The summed E-state index contributed by atoms with van der Waals surface area (Å²) >= 11 is 3.41. The summed E-state index contributed by atoms with van der Waals surface area (Å²) in [7, 11) is 1.57. The molecule has 2 rings (SSSR count). The van der Waals surface area contributed by atoms with Crippen LogP contribution < -0.4 is 4.74 Å². The third kappa shape index (κ3) is 3.36. The Labute approximate surface area is 125 Å². The van der Waals surface area contributed by atoms with Crippen molar-refractivity contribution < 1.29 is 14.6 Å². The summed E-state index contributed by atoms with van der Waals surface area (Å²) in [5, 5.41) is 9.16. The van der Waals surface area contributed by atoms with Crippen LogP contribution in [-0.4, -0.2) is 23.2 Å². The van der Waals surface area contributed by atoms with Crippen LogP contribution in [0.5, 0.6) is 5.75 Å². The van der Waals surface area contributed by atoms with E-state index in [2.05, 4.69) is 20.9 Å². The Kier molecular flexibility index (Phi) is 4.74. The maximum absolute atomic E-state index is 11.2. The highest BCUT2D eigenvalue weighted by molar-refractivity contribution is 9.10. The molecule has 4 nitrogen and oxygen atoms in total. The van der Waals surface area contributed by atoms with Gasteiger partial charge in [0, 0.05) is 27.8 Å². The number of aromatic nitrogens is 1. The Balaban J connectivity index is 2.51. The van der Waals surface area contributed by atoms with Gasteiger partial charge in [0.05, 0.1) is 13.5 Å². The zero-order valence-electron chi connectivity index (χ0n) is 10.9. The van der Waals surface area contributed by atoms with Gasteiger partial charge in [-0.1, -0.05) is 22.0 Å². The summed E-state index contributed by atoms with van der Waals surface area (Å²) in [4.78, 5) is 15.4. The van der Waals surface area contributed by atoms with E-state index in [-0.39, 0.29) is 12.3 Å². The lowest BCUT2D eigenvalue weighted by Gasteiger charge is -2.18. The number of pyridine rings is 1. The number of ether oxygens (including phenoxy) is 1. The second-order valence-electron chi connectivity index (χ2n) is 4.29. The molecule has 0 fully saturated rings. The number of rotatable bonds is 5. The van der Waals surface area contributed by atoms with Crippen LogP contribution in [-0.2, 0) is 4.79 Å². The minimum absolute atomic E-state index is 0.0379. The monoisotopic (exact) mass is 335 g/mol. The molecule has 104 valence electrons. The van der Waals surface area contributed by atoms with E-state index in [0.717, 1.165) is 10.0 Å². The number of carboxylic acid groups (broad SMARTS) is 1. The van der Waals surface area contributed by atoms with Crippen molar-refractivity contribution in [1.29, 1.82) is 0 Å². The standard InChI is InChI=1S/C15H14BrNO3/c1-20-14-6-5-10(16)8-12(14)11(9-15(18)19)13-4-2-3-7-17-13/h2-8,11H,9H2,1H3,(H,18,19). The van der Waals surface area contributed by atoms with Crippen molar-refractivity contribution in [2.75, 3.05) is 7.11 Å². The van der Waals surface area contributed by atoms with Crippen LogP contribution >= 0.6 is 15.9 Å². The summed E-state index contributed by atoms with van der Waals surface area (Å²) in [5.41, 5.74) is 1.52. The average Bonchev–Trinajstić information content (AvgIpc) is 2.45. The fraction of sp³-hybridized carbons (Fsp3) is 0.200. The molecule has 1 aromatic heterocycles. The molecule has 0 aliphatic rings. The number of carboxylic acids is 1. The first-order valence-corrected chi connectivity index (χ1v) is 6.87. The van der Waals surface area contributed by atoms with Gasteiger partial charge < -0.3 is 9.84 Å². The van der Waals surface area contributed by atoms with Crippen molar-refractivity contribution in [2.45, 2.75) is 12.3 Å². The molecule has 0 saturated heterocycles. The number of halogens is 1. The van der Waals surface area contributed by atoms with E-state index in [4.69, 9.17) is 9.84 Å². The zero-order valence-corrected chi connectivity index (χ0v) is 12.5. The molecule has 20 heavy (non-hydrogen) atoms. The number of aliphatic carboxylic acids is 1. The van der Waals surface area contributed by atoms with Crippen molar-refractivity contribution >= 4 is 21.9 Å². The fourth-order valence-corrected chi connectivity index (χ4v) is 2.49. The van der Waals surface area contributed by atoms with E-state index in [9.17, 15) is 4.79 Å². The molecule has 0 radical (unpaired) electrons. The Bertz CT molecular complexity index is 601. The van der Waals surface area contributed by atoms with Crippen LogP contribution in [0.25, 0.3) is 0 Å². The van der Waals surface area contributed by atoms with Crippen LogP contribution in [0.2, 0.25) is 0 Å². The quantitative estimate of drug-likeness (QED) is 0.908. The highest BCUT2D eigenvalue weighted by atomic mass is 79.9. The number of benzene rings is 1. The van der Waals surface area contributed by atoms with E-state index in [1.807, 2.05) is 30.3 Å². The van der Waals surface area contributed by atoms with Crippen LogP contribution in [0.4, 0.5) is 0 Å². The predicted octanol–water partition coefficient (Wildman–Crippen LogP) is 3.46. The number of nitrogens with zero attached hydrogens (tertiary/aromatic N) is 1. The highest BCUT2D eigenvalue weighted by Crippen LogP contribution is 2.35. The first-order valence-electron chi connectivity index (χ1n) is 6.08. The molecule has 1 unspecified atom stereocenters. The molecule has 1 atom stereocenters. The lowest BCUT2D eigenvalue weighted by atomic mass is 9.91. The Morgan fingerprint density at radius 2 is 2.20 bits per heavy atom. The van der Waals surface area contributed by atoms with E-state index in [1.165, 1.54) is 0 Å². The van der Waals surface area contributed by atoms with Crippen LogP contribution in [0.15, 0.2) is 47.1 Å². The van der Waals surface area contributed by atoms with Gasteiger partial charge in [0.25, 0.3) is 0 Å². The minimum atomic E-state index is -0.873. The van der Waals surface area contributed by atoms with Crippen molar-refractivity contribution in [3.63, 3.8) is 0 Å². The van der Waals surface area contributed by atoms with Crippen LogP contribution in [0.3, 0.4) is 0 Å². The Morgan fingerprint density at radius 3 is 2.80 bits per heavy atom. The number of carbonyl (C=O) groups is 1. The number of methoxy groups -OCH3 is 1. The molecule has 0 bridgehead atoms. The second kappa shape index (κ2) is 6.52.